The molecule has 1 aliphatic rings. The Hall–Kier alpha value is -0.230. The van der Waals surface area contributed by atoms with Crippen molar-refractivity contribution in [3.05, 3.63) is 28.2 Å². The molecule has 0 spiro atoms. The second-order valence-electron chi connectivity index (χ2n) is 4.90. The fourth-order valence-electron chi connectivity index (χ4n) is 2.28. The van der Waals surface area contributed by atoms with E-state index < -0.39 is 0 Å². The van der Waals surface area contributed by atoms with E-state index in [1.54, 1.807) is 7.11 Å². The summed E-state index contributed by atoms with van der Waals surface area (Å²) in [5.41, 5.74) is 2.63. The molecule has 20 heavy (non-hydrogen) atoms. The van der Waals surface area contributed by atoms with Gasteiger partial charge in [0, 0.05) is 49.2 Å². The number of hydrogen-bond acceptors (Lipinski definition) is 4. The maximum atomic E-state index is 5.04. The van der Waals surface area contributed by atoms with Crippen molar-refractivity contribution >= 4 is 33.4 Å². The van der Waals surface area contributed by atoms with Crippen LogP contribution in [-0.2, 0) is 11.3 Å². The lowest BCUT2D eigenvalue weighted by atomic mass is 10.2. The topological polar surface area (TPSA) is 24.5 Å². The molecule has 112 valence electrons. The van der Waals surface area contributed by atoms with Crippen molar-refractivity contribution in [3.63, 3.8) is 0 Å². The van der Waals surface area contributed by atoms with Crippen molar-refractivity contribution in [2.75, 3.05) is 49.8 Å². The van der Waals surface area contributed by atoms with E-state index in [2.05, 4.69) is 56.1 Å². The molecule has 0 amide bonds. The SMILES string of the molecule is COCCNCc1ccc(N2CCCSCC2)cc1Br. The quantitative estimate of drug-likeness (QED) is 0.789. The first-order valence-electron chi connectivity index (χ1n) is 7.12. The second kappa shape index (κ2) is 8.93. The fraction of sp³-hybridized carbons (Fsp3) is 0.600. The molecule has 1 aliphatic heterocycles. The summed E-state index contributed by atoms with van der Waals surface area (Å²) in [4.78, 5) is 2.49. The van der Waals surface area contributed by atoms with Gasteiger partial charge in [0.15, 0.2) is 0 Å². The molecule has 0 unspecified atom stereocenters. The zero-order valence-electron chi connectivity index (χ0n) is 12.0. The lowest BCUT2D eigenvalue weighted by Crippen LogP contribution is -2.25. The van der Waals surface area contributed by atoms with Crippen LogP contribution in [0.5, 0.6) is 0 Å². The maximum Gasteiger partial charge on any atom is 0.0587 e. The Morgan fingerprint density at radius 2 is 2.25 bits per heavy atom. The highest BCUT2D eigenvalue weighted by atomic mass is 79.9. The summed E-state index contributed by atoms with van der Waals surface area (Å²) in [5, 5.41) is 3.38. The molecular weight excluding hydrogens is 336 g/mol. The molecule has 1 heterocycles. The lowest BCUT2D eigenvalue weighted by Gasteiger charge is -2.23. The van der Waals surface area contributed by atoms with E-state index in [0.717, 1.165) is 26.2 Å². The van der Waals surface area contributed by atoms with E-state index in [9.17, 15) is 0 Å². The Morgan fingerprint density at radius 1 is 1.35 bits per heavy atom. The molecule has 0 atom stereocenters. The fourth-order valence-corrected chi connectivity index (χ4v) is 3.67. The number of hydrogen-bond donors (Lipinski definition) is 1. The van der Waals surface area contributed by atoms with Crippen LogP contribution < -0.4 is 10.2 Å². The maximum absolute atomic E-state index is 5.04. The predicted octanol–water partition coefficient (Wildman–Crippen LogP) is 3.13. The summed E-state index contributed by atoms with van der Waals surface area (Å²) >= 11 is 5.76. The van der Waals surface area contributed by atoms with Crippen molar-refractivity contribution in [3.8, 4) is 0 Å². The first-order chi connectivity index (χ1) is 9.81. The van der Waals surface area contributed by atoms with Gasteiger partial charge in [-0.1, -0.05) is 22.0 Å². The molecule has 0 aromatic heterocycles. The van der Waals surface area contributed by atoms with Gasteiger partial charge in [-0.2, -0.15) is 11.8 Å². The Balaban J connectivity index is 1.94. The highest BCUT2D eigenvalue weighted by molar-refractivity contribution is 9.10. The van der Waals surface area contributed by atoms with Gasteiger partial charge in [0.1, 0.15) is 0 Å². The van der Waals surface area contributed by atoms with Crippen LogP contribution in [0.4, 0.5) is 5.69 Å². The van der Waals surface area contributed by atoms with E-state index in [1.165, 1.54) is 40.2 Å². The number of methoxy groups -OCH3 is 1. The van der Waals surface area contributed by atoms with Crippen molar-refractivity contribution < 1.29 is 4.74 Å². The van der Waals surface area contributed by atoms with Crippen molar-refractivity contribution in [2.24, 2.45) is 0 Å². The van der Waals surface area contributed by atoms with E-state index in [4.69, 9.17) is 4.74 Å². The van der Waals surface area contributed by atoms with Gasteiger partial charge in [-0.05, 0) is 29.9 Å². The summed E-state index contributed by atoms with van der Waals surface area (Å²) in [7, 11) is 1.73. The minimum Gasteiger partial charge on any atom is -0.383 e. The molecule has 1 fully saturated rings. The van der Waals surface area contributed by atoms with E-state index in [0.29, 0.717) is 0 Å². The molecule has 1 N–H and O–H groups in total. The molecule has 1 aromatic rings. The van der Waals surface area contributed by atoms with Gasteiger partial charge in [-0.25, -0.2) is 0 Å². The van der Waals surface area contributed by atoms with E-state index in [1.807, 2.05) is 0 Å². The third kappa shape index (κ3) is 4.95. The molecule has 1 saturated heterocycles. The third-order valence-corrected chi connectivity index (χ3v) is 5.21. The van der Waals surface area contributed by atoms with Crippen LogP contribution in [0, 0.1) is 0 Å². The molecule has 1 aromatic carbocycles. The number of nitrogens with zero attached hydrogens (tertiary/aromatic N) is 1. The van der Waals surface area contributed by atoms with Gasteiger partial charge in [0.25, 0.3) is 0 Å². The number of benzene rings is 1. The van der Waals surface area contributed by atoms with Gasteiger partial charge >= 0.3 is 0 Å². The zero-order valence-corrected chi connectivity index (χ0v) is 14.4. The molecular formula is C15H23BrN2OS. The number of ether oxygens (including phenoxy) is 1. The number of halogens is 1. The number of thioether (sulfide) groups is 1. The summed E-state index contributed by atoms with van der Waals surface area (Å²) in [6.45, 7) is 4.84. The number of rotatable bonds is 6. The molecule has 0 aliphatic carbocycles. The average molecular weight is 359 g/mol. The average Bonchev–Trinajstić information content (AvgIpc) is 2.74. The van der Waals surface area contributed by atoms with Crippen LogP contribution >= 0.6 is 27.7 Å². The first-order valence-corrected chi connectivity index (χ1v) is 9.07. The second-order valence-corrected chi connectivity index (χ2v) is 6.98. The van der Waals surface area contributed by atoms with Crippen LogP contribution in [0.2, 0.25) is 0 Å². The molecule has 0 radical (unpaired) electrons. The van der Waals surface area contributed by atoms with Crippen LogP contribution in [0.1, 0.15) is 12.0 Å². The summed E-state index contributed by atoms with van der Waals surface area (Å²) in [6.07, 6.45) is 1.28. The minimum atomic E-state index is 0.751. The Morgan fingerprint density at radius 3 is 3.05 bits per heavy atom. The highest BCUT2D eigenvalue weighted by Crippen LogP contribution is 2.26. The third-order valence-electron chi connectivity index (χ3n) is 3.42. The Kier molecular flexibility index (Phi) is 7.21. The van der Waals surface area contributed by atoms with Crippen LogP contribution in [-0.4, -0.2) is 44.9 Å². The van der Waals surface area contributed by atoms with E-state index >= 15 is 0 Å². The molecule has 0 saturated carbocycles. The summed E-state index contributed by atoms with van der Waals surface area (Å²) in [5.74, 6) is 2.52. The molecule has 5 heteroatoms. The van der Waals surface area contributed by atoms with Crippen LogP contribution in [0.15, 0.2) is 22.7 Å². The molecule has 3 nitrogen and oxygen atoms in total. The number of anilines is 1. The zero-order chi connectivity index (χ0) is 14.2. The number of nitrogens with one attached hydrogen (secondary N) is 1. The van der Waals surface area contributed by atoms with Gasteiger partial charge < -0.3 is 15.0 Å². The summed E-state index contributed by atoms with van der Waals surface area (Å²) < 4.78 is 6.23. The molecule has 0 bridgehead atoms. The van der Waals surface area contributed by atoms with Crippen LogP contribution in [0.25, 0.3) is 0 Å². The normalized spacial score (nSPS) is 16.2. The minimum absolute atomic E-state index is 0.751. The van der Waals surface area contributed by atoms with Gasteiger partial charge in [0.05, 0.1) is 6.61 Å². The van der Waals surface area contributed by atoms with Gasteiger partial charge in [-0.3, -0.25) is 0 Å². The van der Waals surface area contributed by atoms with Crippen molar-refractivity contribution in [1.82, 2.24) is 5.32 Å². The largest absolute Gasteiger partial charge is 0.383 e. The monoisotopic (exact) mass is 358 g/mol. The van der Waals surface area contributed by atoms with Gasteiger partial charge in [-0.15, -0.1) is 0 Å². The van der Waals surface area contributed by atoms with Crippen molar-refractivity contribution in [2.45, 2.75) is 13.0 Å². The van der Waals surface area contributed by atoms with Crippen LogP contribution in [0.3, 0.4) is 0 Å². The summed E-state index contributed by atoms with van der Waals surface area (Å²) in [6, 6.07) is 6.72. The smallest absolute Gasteiger partial charge is 0.0587 e. The molecule has 2 rings (SSSR count). The highest BCUT2D eigenvalue weighted by Gasteiger charge is 2.11. The first kappa shape index (κ1) is 16.1. The van der Waals surface area contributed by atoms with Gasteiger partial charge in [0.2, 0.25) is 0 Å². The lowest BCUT2D eigenvalue weighted by molar-refractivity contribution is 0.199. The van der Waals surface area contributed by atoms with E-state index in [-0.39, 0.29) is 0 Å². The predicted molar refractivity (Wildman–Crippen MR) is 91.9 cm³/mol. The Bertz CT molecular complexity index is 409. The standard InChI is InChI=1S/C15H23BrN2OS/c1-19-8-5-17-12-13-3-4-14(11-15(13)16)18-6-2-9-20-10-7-18/h3-4,11,17H,2,5-10,12H2,1H3. The Labute approximate surface area is 134 Å². The van der Waals surface area contributed by atoms with Crippen molar-refractivity contribution in [1.29, 1.82) is 0 Å².